The van der Waals surface area contributed by atoms with Gasteiger partial charge in [-0.1, -0.05) is 11.6 Å². The van der Waals surface area contributed by atoms with Crippen molar-refractivity contribution in [3.05, 3.63) is 23.0 Å². The van der Waals surface area contributed by atoms with E-state index in [1.165, 1.54) is 22.7 Å². The molecule has 162 valence electrons. The molecule has 0 aromatic carbocycles. The number of hydrogen-bond donors (Lipinski definition) is 1. The minimum absolute atomic E-state index is 0.0356. The van der Waals surface area contributed by atoms with Gasteiger partial charge in [-0.15, -0.1) is 0 Å². The van der Waals surface area contributed by atoms with Crippen LogP contribution in [-0.4, -0.2) is 61.3 Å². The Bertz CT molecular complexity index is 854. The number of sulfonamides is 1. The summed E-state index contributed by atoms with van der Waals surface area (Å²) in [5.74, 6) is -0.0356. The molecule has 1 N–H and O–H groups in total. The van der Waals surface area contributed by atoms with Gasteiger partial charge in [-0.25, -0.2) is 8.42 Å². The maximum absolute atomic E-state index is 13.0. The standard InChI is InChI=1S/C20H32N4O4S/c1-16-20(29(26,27)23-12-14-28-15-13-23)17(2)24(22-16)11-9-19(25)21-10-8-18-6-4-3-5-7-18/h6H,3-5,7-15H2,1-2H3,(H,21,25). The lowest BCUT2D eigenvalue weighted by Gasteiger charge is -2.26. The largest absolute Gasteiger partial charge is 0.379 e. The summed E-state index contributed by atoms with van der Waals surface area (Å²) in [6.07, 6.45) is 8.28. The molecule has 0 saturated carbocycles. The van der Waals surface area contributed by atoms with Crippen molar-refractivity contribution in [2.75, 3.05) is 32.8 Å². The van der Waals surface area contributed by atoms with E-state index in [0.717, 1.165) is 19.3 Å². The van der Waals surface area contributed by atoms with E-state index in [2.05, 4.69) is 16.5 Å². The van der Waals surface area contributed by atoms with Crippen molar-refractivity contribution < 1.29 is 17.9 Å². The summed E-state index contributed by atoms with van der Waals surface area (Å²) in [5.41, 5.74) is 2.49. The third-order valence-electron chi connectivity index (χ3n) is 5.59. The third kappa shape index (κ3) is 5.46. The van der Waals surface area contributed by atoms with Crippen molar-refractivity contribution >= 4 is 15.9 Å². The molecule has 29 heavy (non-hydrogen) atoms. The Kier molecular flexibility index (Phi) is 7.48. The molecule has 0 atom stereocenters. The van der Waals surface area contributed by atoms with Crippen LogP contribution in [0.4, 0.5) is 0 Å². The molecule has 3 rings (SSSR count). The summed E-state index contributed by atoms with van der Waals surface area (Å²) in [6.45, 7) is 5.98. The van der Waals surface area contributed by atoms with E-state index in [1.807, 2.05) is 0 Å². The fourth-order valence-electron chi connectivity index (χ4n) is 3.98. The van der Waals surface area contributed by atoms with E-state index in [-0.39, 0.29) is 17.2 Å². The molecule has 1 aromatic rings. The highest BCUT2D eigenvalue weighted by molar-refractivity contribution is 7.89. The minimum atomic E-state index is -3.60. The molecule has 0 bridgehead atoms. The van der Waals surface area contributed by atoms with E-state index in [4.69, 9.17) is 4.74 Å². The zero-order valence-electron chi connectivity index (χ0n) is 17.4. The Labute approximate surface area is 173 Å². The van der Waals surface area contributed by atoms with E-state index in [0.29, 0.717) is 50.8 Å². The quantitative estimate of drug-likeness (QED) is 0.644. The van der Waals surface area contributed by atoms with Crippen molar-refractivity contribution in [1.29, 1.82) is 0 Å². The highest BCUT2D eigenvalue weighted by atomic mass is 32.2. The first-order chi connectivity index (χ1) is 13.9. The number of ether oxygens (including phenoxy) is 1. The number of aromatic nitrogens is 2. The first-order valence-electron chi connectivity index (χ1n) is 10.5. The highest BCUT2D eigenvalue weighted by Crippen LogP contribution is 2.24. The third-order valence-corrected chi connectivity index (χ3v) is 7.74. The van der Waals surface area contributed by atoms with Gasteiger partial charge in [0.2, 0.25) is 15.9 Å². The highest BCUT2D eigenvalue weighted by Gasteiger charge is 2.32. The molecule has 2 aliphatic rings. The van der Waals surface area contributed by atoms with Crippen molar-refractivity contribution in [2.24, 2.45) is 0 Å². The Hall–Kier alpha value is -1.71. The summed E-state index contributed by atoms with van der Waals surface area (Å²) >= 11 is 0. The zero-order valence-corrected chi connectivity index (χ0v) is 18.3. The first-order valence-corrected chi connectivity index (χ1v) is 11.9. The molecule has 1 aliphatic heterocycles. The van der Waals surface area contributed by atoms with Crippen molar-refractivity contribution in [1.82, 2.24) is 19.4 Å². The molecule has 0 unspecified atom stereocenters. The Balaban J connectivity index is 1.55. The normalized spacial score (nSPS) is 18.5. The van der Waals surface area contributed by atoms with Crippen LogP contribution in [0.1, 0.15) is 49.9 Å². The number of carbonyl (C=O) groups excluding carboxylic acids is 1. The molecular formula is C20H32N4O4S. The van der Waals surface area contributed by atoms with Crippen LogP contribution < -0.4 is 5.32 Å². The van der Waals surface area contributed by atoms with Gasteiger partial charge in [0, 0.05) is 26.1 Å². The van der Waals surface area contributed by atoms with Gasteiger partial charge >= 0.3 is 0 Å². The molecular weight excluding hydrogens is 392 g/mol. The molecule has 1 fully saturated rings. The zero-order chi connectivity index (χ0) is 20.9. The van der Waals surface area contributed by atoms with Gasteiger partial charge < -0.3 is 10.1 Å². The molecule has 1 saturated heterocycles. The maximum Gasteiger partial charge on any atom is 0.246 e. The molecule has 1 aliphatic carbocycles. The van der Waals surface area contributed by atoms with E-state index < -0.39 is 10.0 Å². The van der Waals surface area contributed by atoms with E-state index in [1.54, 1.807) is 18.5 Å². The van der Waals surface area contributed by atoms with Gasteiger partial charge in [0.1, 0.15) is 4.90 Å². The monoisotopic (exact) mass is 424 g/mol. The molecule has 2 heterocycles. The number of nitrogens with one attached hydrogen (secondary N) is 1. The Morgan fingerprint density at radius 1 is 1.24 bits per heavy atom. The predicted octanol–water partition coefficient (Wildman–Crippen LogP) is 1.92. The van der Waals surface area contributed by atoms with Crippen LogP contribution in [0.15, 0.2) is 16.5 Å². The summed E-state index contributed by atoms with van der Waals surface area (Å²) in [4.78, 5) is 12.4. The van der Waals surface area contributed by atoms with Gasteiger partial charge in [0.25, 0.3) is 0 Å². The molecule has 9 heteroatoms. The van der Waals surface area contributed by atoms with Crippen molar-refractivity contribution in [2.45, 2.75) is 63.8 Å². The van der Waals surface area contributed by atoms with Crippen LogP contribution in [-0.2, 0) is 26.1 Å². The summed E-state index contributed by atoms with van der Waals surface area (Å²) in [5, 5.41) is 7.35. The number of aryl methyl sites for hydroxylation is 2. The van der Waals surface area contributed by atoms with E-state index >= 15 is 0 Å². The van der Waals surface area contributed by atoms with Gasteiger partial charge in [0.05, 0.1) is 31.1 Å². The lowest BCUT2D eigenvalue weighted by Crippen LogP contribution is -2.41. The topological polar surface area (TPSA) is 93.5 Å². The van der Waals surface area contributed by atoms with Crippen LogP contribution >= 0.6 is 0 Å². The van der Waals surface area contributed by atoms with Gasteiger partial charge in [-0.05, 0) is 46.0 Å². The molecule has 1 amide bonds. The van der Waals surface area contributed by atoms with Crippen molar-refractivity contribution in [3.63, 3.8) is 0 Å². The Morgan fingerprint density at radius 3 is 2.69 bits per heavy atom. The number of morpholine rings is 1. The fraction of sp³-hybridized carbons (Fsp3) is 0.700. The number of amides is 1. The molecule has 0 spiro atoms. The number of rotatable bonds is 8. The molecule has 0 radical (unpaired) electrons. The minimum Gasteiger partial charge on any atom is -0.379 e. The van der Waals surface area contributed by atoms with Crippen LogP contribution in [0.25, 0.3) is 0 Å². The average molecular weight is 425 g/mol. The maximum atomic E-state index is 13.0. The summed E-state index contributed by atoms with van der Waals surface area (Å²) < 4.78 is 34.3. The lowest BCUT2D eigenvalue weighted by atomic mass is 9.97. The number of carbonyl (C=O) groups is 1. The number of allylic oxidation sites excluding steroid dienone is 1. The second-order valence-corrected chi connectivity index (χ2v) is 9.57. The van der Waals surface area contributed by atoms with Crippen LogP contribution in [0.5, 0.6) is 0 Å². The molecule has 8 nitrogen and oxygen atoms in total. The van der Waals surface area contributed by atoms with Crippen LogP contribution in [0, 0.1) is 13.8 Å². The number of nitrogens with zero attached hydrogens (tertiary/aromatic N) is 3. The summed E-state index contributed by atoms with van der Waals surface area (Å²) in [6, 6.07) is 0. The van der Waals surface area contributed by atoms with Crippen LogP contribution in [0.2, 0.25) is 0 Å². The second kappa shape index (κ2) is 9.86. The average Bonchev–Trinajstić information content (AvgIpc) is 3.01. The SMILES string of the molecule is Cc1nn(CCC(=O)NCCC2=CCCCC2)c(C)c1S(=O)(=O)N1CCOCC1. The van der Waals surface area contributed by atoms with Crippen LogP contribution in [0.3, 0.4) is 0 Å². The number of hydrogen-bond acceptors (Lipinski definition) is 5. The second-order valence-electron chi connectivity index (χ2n) is 7.70. The predicted molar refractivity (Wildman–Crippen MR) is 110 cm³/mol. The lowest BCUT2D eigenvalue weighted by molar-refractivity contribution is -0.121. The van der Waals surface area contributed by atoms with E-state index in [9.17, 15) is 13.2 Å². The fourth-order valence-corrected chi connectivity index (χ4v) is 5.76. The molecule has 1 aromatic heterocycles. The Morgan fingerprint density at radius 2 is 2.00 bits per heavy atom. The smallest absolute Gasteiger partial charge is 0.246 e. The van der Waals surface area contributed by atoms with Gasteiger partial charge in [-0.3, -0.25) is 9.48 Å². The van der Waals surface area contributed by atoms with Gasteiger partial charge in [-0.2, -0.15) is 9.40 Å². The van der Waals surface area contributed by atoms with Gasteiger partial charge in [0.15, 0.2) is 0 Å². The first kappa shape index (κ1) is 22.0. The van der Waals surface area contributed by atoms with Crippen molar-refractivity contribution in [3.8, 4) is 0 Å². The summed E-state index contributed by atoms with van der Waals surface area (Å²) in [7, 11) is -3.60.